The average molecular weight is 469 g/mol. The van der Waals surface area contributed by atoms with Gasteiger partial charge >= 0.3 is 0 Å². The second-order valence-corrected chi connectivity index (χ2v) is 8.60. The fraction of sp³-hybridized carbons (Fsp3) is 0.280. The summed E-state index contributed by atoms with van der Waals surface area (Å²) in [5.74, 6) is 3.09. The van der Waals surface area contributed by atoms with Crippen molar-refractivity contribution in [3.05, 3.63) is 71.3 Å². The van der Waals surface area contributed by atoms with Crippen LogP contribution in [0.5, 0.6) is 5.75 Å². The molecule has 0 unspecified atom stereocenters. The summed E-state index contributed by atoms with van der Waals surface area (Å²) < 4.78 is 7.66. The van der Waals surface area contributed by atoms with E-state index >= 15 is 0 Å². The van der Waals surface area contributed by atoms with Gasteiger partial charge in [0.05, 0.1) is 12.7 Å². The highest BCUT2D eigenvalue weighted by Crippen LogP contribution is 2.30. The molecule has 1 aromatic carbocycles. The van der Waals surface area contributed by atoms with Crippen LogP contribution in [0.25, 0.3) is 11.5 Å². The van der Waals surface area contributed by atoms with E-state index in [2.05, 4.69) is 39.9 Å². The highest BCUT2D eigenvalue weighted by molar-refractivity contribution is 6.06. The van der Waals surface area contributed by atoms with Gasteiger partial charge in [0, 0.05) is 38.4 Å². The van der Waals surface area contributed by atoms with Crippen molar-refractivity contribution in [2.24, 2.45) is 0 Å². The molecule has 1 amide bonds. The van der Waals surface area contributed by atoms with Crippen LogP contribution >= 0.6 is 0 Å². The van der Waals surface area contributed by atoms with Crippen molar-refractivity contribution in [3.63, 3.8) is 0 Å². The first-order chi connectivity index (χ1) is 17.2. The molecule has 0 radical (unpaired) electrons. The maximum Gasteiger partial charge on any atom is 0.260 e. The summed E-state index contributed by atoms with van der Waals surface area (Å²) >= 11 is 0. The third-order valence-electron chi connectivity index (χ3n) is 6.44. The van der Waals surface area contributed by atoms with Gasteiger partial charge in [-0.1, -0.05) is 6.07 Å². The normalized spacial score (nSPS) is 14.4. The molecule has 0 saturated carbocycles. The quantitative estimate of drug-likeness (QED) is 0.476. The molecule has 176 valence electrons. The van der Waals surface area contributed by atoms with Crippen molar-refractivity contribution in [3.8, 4) is 17.3 Å². The molecule has 10 heteroatoms. The van der Waals surface area contributed by atoms with Gasteiger partial charge in [-0.05, 0) is 54.3 Å². The summed E-state index contributed by atoms with van der Waals surface area (Å²) in [6.07, 6.45) is 6.27. The molecule has 6 rings (SSSR count). The number of aromatic nitrogens is 6. The molecule has 5 heterocycles. The number of nitrogens with zero attached hydrogens (tertiary/aromatic N) is 7. The van der Waals surface area contributed by atoms with E-state index in [0.717, 1.165) is 55.1 Å². The van der Waals surface area contributed by atoms with E-state index in [4.69, 9.17) is 4.74 Å². The number of hydrogen-bond acceptors (Lipinski definition) is 8. The van der Waals surface area contributed by atoms with E-state index in [1.165, 1.54) is 0 Å². The highest BCUT2D eigenvalue weighted by atomic mass is 16.5. The van der Waals surface area contributed by atoms with Gasteiger partial charge in [0.2, 0.25) is 5.95 Å². The zero-order valence-electron chi connectivity index (χ0n) is 19.3. The summed E-state index contributed by atoms with van der Waals surface area (Å²) in [6.45, 7) is 2.30. The molecule has 0 saturated heterocycles. The maximum absolute atomic E-state index is 13.3. The van der Waals surface area contributed by atoms with E-state index in [1.807, 2.05) is 24.3 Å². The number of pyridine rings is 1. The molecule has 0 bridgehead atoms. The first kappa shape index (κ1) is 21.2. The number of ether oxygens (including phenoxy) is 1. The molecule has 3 aromatic heterocycles. The number of nitrogens with one attached hydrogen (secondary N) is 1. The zero-order valence-corrected chi connectivity index (χ0v) is 19.3. The Hall–Kier alpha value is -4.34. The first-order valence-corrected chi connectivity index (χ1v) is 11.6. The Bertz CT molecular complexity index is 1400. The number of aryl methyl sites for hydroxylation is 1. The van der Waals surface area contributed by atoms with Crippen LogP contribution in [0.3, 0.4) is 0 Å². The van der Waals surface area contributed by atoms with Crippen LogP contribution in [0.2, 0.25) is 0 Å². The van der Waals surface area contributed by atoms with Crippen LogP contribution in [0.15, 0.2) is 48.8 Å². The standard InChI is InChI=1S/C25H24N8O2/c1-35-20-14-16-8-12-32(25-26-9-4-10-27-25)15-17(16)13-18(20)24(34)29-21-6-2-5-19(28-21)23-31-30-22-7-3-11-33(22)23/h2,4-6,9-10,13-14H,3,7-8,11-12,15H2,1H3,(H,28,29,34). The number of hydrogen-bond donors (Lipinski definition) is 1. The predicted molar refractivity (Wildman–Crippen MR) is 129 cm³/mol. The Morgan fingerprint density at radius 1 is 1.03 bits per heavy atom. The molecule has 0 spiro atoms. The van der Waals surface area contributed by atoms with E-state index in [9.17, 15) is 4.79 Å². The van der Waals surface area contributed by atoms with Gasteiger partial charge in [-0.25, -0.2) is 15.0 Å². The minimum Gasteiger partial charge on any atom is -0.496 e. The second-order valence-electron chi connectivity index (χ2n) is 8.60. The Morgan fingerprint density at radius 3 is 2.77 bits per heavy atom. The SMILES string of the molecule is COc1cc2c(cc1C(=O)Nc1cccc(-c3nnc4n3CCC4)n1)CN(c1ncccn1)CC2. The Balaban J connectivity index is 1.26. The molecule has 4 aromatic rings. The van der Waals surface area contributed by atoms with E-state index in [-0.39, 0.29) is 5.91 Å². The van der Waals surface area contributed by atoms with Crippen LogP contribution in [0, 0.1) is 0 Å². The largest absolute Gasteiger partial charge is 0.496 e. The van der Waals surface area contributed by atoms with Crippen molar-refractivity contribution in [1.29, 1.82) is 0 Å². The predicted octanol–water partition coefficient (Wildman–Crippen LogP) is 2.90. The molecule has 0 aliphatic carbocycles. The van der Waals surface area contributed by atoms with Crippen molar-refractivity contribution in [1.82, 2.24) is 29.7 Å². The van der Waals surface area contributed by atoms with Gasteiger partial charge in [0.25, 0.3) is 5.91 Å². The van der Waals surface area contributed by atoms with Crippen molar-refractivity contribution < 1.29 is 9.53 Å². The number of amides is 1. The molecule has 2 aliphatic heterocycles. The third kappa shape index (κ3) is 3.96. The monoisotopic (exact) mass is 468 g/mol. The molecule has 0 fully saturated rings. The Labute approximate surface area is 202 Å². The number of carbonyl (C=O) groups excluding carboxylic acids is 1. The summed E-state index contributed by atoms with van der Waals surface area (Å²) in [5, 5.41) is 11.5. The van der Waals surface area contributed by atoms with Crippen LogP contribution in [-0.2, 0) is 25.9 Å². The van der Waals surface area contributed by atoms with E-state index in [1.54, 1.807) is 31.6 Å². The Kier molecular flexibility index (Phi) is 5.32. The van der Waals surface area contributed by atoms with Crippen LogP contribution < -0.4 is 15.0 Å². The second kappa shape index (κ2) is 8.79. The summed E-state index contributed by atoms with van der Waals surface area (Å²) in [5.41, 5.74) is 3.35. The summed E-state index contributed by atoms with van der Waals surface area (Å²) in [7, 11) is 1.58. The highest BCUT2D eigenvalue weighted by Gasteiger charge is 2.24. The molecular weight excluding hydrogens is 444 g/mol. The minimum absolute atomic E-state index is 0.283. The van der Waals surface area contributed by atoms with Gasteiger partial charge in [-0.15, -0.1) is 10.2 Å². The molecule has 35 heavy (non-hydrogen) atoms. The van der Waals surface area contributed by atoms with Gasteiger partial charge in [0.1, 0.15) is 23.1 Å². The minimum atomic E-state index is -0.283. The molecule has 0 atom stereocenters. The lowest BCUT2D eigenvalue weighted by Crippen LogP contribution is -2.32. The van der Waals surface area contributed by atoms with Gasteiger partial charge in [-0.3, -0.25) is 4.79 Å². The molecule has 10 nitrogen and oxygen atoms in total. The van der Waals surface area contributed by atoms with E-state index < -0.39 is 0 Å². The number of fused-ring (bicyclic) bond motifs is 2. The number of anilines is 2. The maximum atomic E-state index is 13.3. The lowest BCUT2D eigenvalue weighted by atomic mass is 9.96. The number of benzene rings is 1. The number of methoxy groups -OCH3 is 1. The molecule has 1 N–H and O–H groups in total. The molecule has 2 aliphatic rings. The van der Waals surface area contributed by atoms with Crippen molar-refractivity contribution in [2.45, 2.75) is 32.4 Å². The fourth-order valence-electron chi connectivity index (χ4n) is 4.71. The van der Waals surface area contributed by atoms with E-state index in [0.29, 0.717) is 35.3 Å². The number of carbonyl (C=O) groups is 1. The van der Waals surface area contributed by atoms with Gasteiger partial charge < -0.3 is 19.5 Å². The fourth-order valence-corrected chi connectivity index (χ4v) is 4.71. The van der Waals surface area contributed by atoms with Crippen molar-refractivity contribution in [2.75, 3.05) is 23.9 Å². The third-order valence-corrected chi connectivity index (χ3v) is 6.44. The van der Waals surface area contributed by atoms with Crippen molar-refractivity contribution >= 4 is 17.7 Å². The van der Waals surface area contributed by atoms with Crippen LogP contribution in [0.4, 0.5) is 11.8 Å². The topological polar surface area (TPSA) is 111 Å². The lowest BCUT2D eigenvalue weighted by Gasteiger charge is -2.29. The smallest absolute Gasteiger partial charge is 0.260 e. The summed E-state index contributed by atoms with van der Waals surface area (Å²) in [6, 6.07) is 11.2. The van der Waals surface area contributed by atoms with Gasteiger partial charge in [-0.2, -0.15) is 0 Å². The number of rotatable bonds is 5. The Morgan fingerprint density at radius 2 is 1.91 bits per heavy atom. The van der Waals surface area contributed by atoms with Gasteiger partial charge in [0.15, 0.2) is 5.82 Å². The summed E-state index contributed by atoms with van der Waals surface area (Å²) in [4.78, 5) is 28.8. The zero-order chi connectivity index (χ0) is 23.8. The van der Waals surface area contributed by atoms with Crippen LogP contribution in [0.1, 0.15) is 33.7 Å². The first-order valence-electron chi connectivity index (χ1n) is 11.6. The lowest BCUT2D eigenvalue weighted by molar-refractivity contribution is 0.102. The van der Waals surface area contributed by atoms with Crippen LogP contribution in [-0.4, -0.2) is 49.3 Å². The molecular formula is C25H24N8O2. The average Bonchev–Trinajstić information content (AvgIpc) is 3.52.